The second-order valence-corrected chi connectivity index (χ2v) is 4.17. The van der Waals surface area contributed by atoms with Gasteiger partial charge in [-0.05, 0) is 25.2 Å². The fourth-order valence-corrected chi connectivity index (χ4v) is 2.23. The Labute approximate surface area is 79.4 Å². The standard InChI is InChI=1S/C11H17NO/c13-11-6-5-10(7-11)12-8-9-3-1-2-4-9/h7,9,12H,1-6,8H2. The Balaban J connectivity index is 1.73. The van der Waals surface area contributed by atoms with Crippen molar-refractivity contribution in [3.63, 3.8) is 0 Å². The first-order valence-corrected chi connectivity index (χ1v) is 5.32. The number of hydrogen-bond acceptors (Lipinski definition) is 2. The summed E-state index contributed by atoms with van der Waals surface area (Å²) in [5.74, 6) is 1.14. The molecule has 2 rings (SSSR count). The van der Waals surface area contributed by atoms with Crippen molar-refractivity contribution in [1.82, 2.24) is 5.32 Å². The summed E-state index contributed by atoms with van der Waals surface area (Å²) in [4.78, 5) is 10.9. The maximum atomic E-state index is 10.9. The summed E-state index contributed by atoms with van der Waals surface area (Å²) in [6, 6.07) is 0. The van der Waals surface area contributed by atoms with Gasteiger partial charge < -0.3 is 5.32 Å². The molecule has 0 heterocycles. The van der Waals surface area contributed by atoms with Gasteiger partial charge in [0.15, 0.2) is 5.78 Å². The molecule has 0 radical (unpaired) electrons. The van der Waals surface area contributed by atoms with Crippen molar-refractivity contribution in [2.75, 3.05) is 6.54 Å². The van der Waals surface area contributed by atoms with Crippen molar-refractivity contribution in [3.8, 4) is 0 Å². The minimum Gasteiger partial charge on any atom is -0.388 e. The average molecular weight is 179 g/mol. The second-order valence-electron chi connectivity index (χ2n) is 4.17. The van der Waals surface area contributed by atoms with E-state index in [2.05, 4.69) is 5.32 Å². The topological polar surface area (TPSA) is 29.1 Å². The van der Waals surface area contributed by atoms with Crippen molar-refractivity contribution in [2.45, 2.75) is 38.5 Å². The van der Waals surface area contributed by atoms with Crippen molar-refractivity contribution in [3.05, 3.63) is 11.8 Å². The molecule has 0 bridgehead atoms. The Kier molecular flexibility index (Phi) is 2.67. The molecule has 2 nitrogen and oxygen atoms in total. The van der Waals surface area contributed by atoms with Gasteiger partial charge in [0, 0.05) is 24.7 Å². The van der Waals surface area contributed by atoms with Crippen LogP contribution in [0.4, 0.5) is 0 Å². The largest absolute Gasteiger partial charge is 0.388 e. The van der Waals surface area contributed by atoms with E-state index in [-0.39, 0.29) is 5.78 Å². The quantitative estimate of drug-likeness (QED) is 0.718. The Morgan fingerprint density at radius 1 is 1.31 bits per heavy atom. The molecule has 0 amide bonds. The SMILES string of the molecule is O=C1C=C(NCC2CCCC2)CC1. The summed E-state index contributed by atoms with van der Waals surface area (Å²) in [5.41, 5.74) is 1.16. The molecular formula is C11H17NO. The number of hydrogen-bond donors (Lipinski definition) is 1. The highest BCUT2D eigenvalue weighted by atomic mass is 16.1. The van der Waals surface area contributed by atoms with E-state index < -0.39 is 0 Å². The fraction of sp³-hybridized carbons (Fsp3) is 0.727. The summed E-state index contributed by atoms with van der Waals surface area (Å²) in [6.07, 6.45) is 8.95. The zero-order valence-electron chi connectivity index (χ0n) is 8.01. The van der Waals surface area contributed by atoms with Gasteiger partial charge in [0.2, 0.25) is 0 Å². The summed E-state index contributed by atoms with van der Waals surface area (Å²) in [6.45, 7) is 1.08. The third-order valence-corrected chi connectivity index (χ3v) is 3.07. The van der Waals surface area contributed by atoms with Crippen molar-refractivity contribution < 1.29 is 4.79 Å². The third-order valence-electron chi connectivity index (χ3n) is 3.07. The molecular weight excluding hydrogens is 162 g/mol. The third kappa shape index (κ3) is 2.33. The highest BCUT2D eigenvalue weighted by Crippen LogP contribution is 2.24. The van der Waals surface area contributed by atoms with Gasteiger partial charge in [0.25, 0.3) is 0 Å². The maximum Gasteiger partial charge on any atom is 0.157 e. The van der Waals surface area contributed by atoms with Crippen LogP contribution in [0.1, 0.15) is 38.5 Å². The van der Waals surface area contributed by atoms with Crippen molar-refractivity contribution in [2.24, 2.45) is 5.92 Å². The lowest BCUT2D eigenvalue weighted by Crippen LogP contribution is -2.19. The van der Waals surface area contributed by atoms with E-state index in [0.29, 0.717) is 6.42 Å². The molecule has 0 aliphatic heterocycles. The van der Waals surface area contributed by atoms with Crippen LogP contribution in [0.15, 0.2) is 11.8 Å². The van der Waals surface area contributed by atoms with Crippen molar-refractivity contribution in [1.29, 1.82) is 0 Å². The summed E-state index contributed by atoms with van der Waals surface area (Å²) < 4.78 is 0. The van der Waals surface area contributed by atoms with Crippen LogP contribution in [0.5, 0.6) is 0 Å². The lowest BCUT2D eigenvalue weighted by Gasteiger charge is -2.11. The molecule has 0 aromatic rings. The highest BCUT2D eigenvalue weighted by molar-refractivity contribution is 5.92. The van der Waals surface area contributed by atoms with E-state index in [9.17, 15) is 4.79 Å². The monoisotopic (exact) mass is 179 g/mol. The van der Waals surface area contributed by atoms with E-state index in [4.69, 9.17) is 0 Å². The number of ketones is 1. The van der Waals surface area contributed by atoms with Crippen LogP contribution in [-0.2, 0) is 4.79 Å². The molecule has 0 aromatic carbocycles. The molecule has 0 spiro atoms. The van der Waals surface area contributed by atoms with Gasteiger partial charge in [-0.25, -0.2) is 0 Å². The number of carbonyl (C=O) groups excluding carboxylic acids is 1. The van der Waals surface area contributed by atoms with Gasteiger partial charge in [0.1, 0.15) is 0 Å². The number of rotatable bonds is 3. The second kappa shape index (κ2) is 3.95. The zero-order chi connectivity index (χ0) is 9.10. The zero-order valence-corrected chi connectivity index (χ0v) is 8.01. The Morgan fingerprint density at radius 2 is 2.08 bits per heavy atom. The van der Waals surface area contributed by atoms with E-state index in [0.717, 1.165) is 24.6 Å². The lowest BCUT2D eigenvalue weighted by atomic mass is 10.1. The molecule has 1 N–H and O–H groups in total. The van der Waals surface area contributed by atoms with Crippen LogP contribution in [0, 0.1) is 5.92 Å². The molecule has 2 aliphatic carbocycles. The van der Waals surface area contributed by atoms with E-state index >= 15 is 0 Å². The maximum absolute atomic E-state index is 10.9. The molecule has 0 aromatic heterocycles. The van der Waals surface area contributed by atoms with Gasteiger partial charge in [-0.15, -0.1) is 0 Å². The van der Waals surface area contributed by atoms with E-state index in [1.54, 1.807) is 6.08 Å². The first-order chi connectivity index (χ1) is 6.34. The van der Waals surface area contributed by atoms with Crippen LogP contribution in [0.2, 0.25) is 0 Å². The molecule has 1 saturated carbocycles. The first-order valence-electron chi connectivity index (χ1n) is 5.32. The predicted octanol–water partition coefficient (Wildman–Crippen LogP) is 2.01. The highest BCUT2D eigenvalue weighted by Gasteiger charge is 2.16. The molecule has 0 saturated heterocycles. The normalized spacial score (nSPS) is 23.7. The molecule has 0 unspecified atom stereocenters. The summed E-state index contributed by atoms with van der Waals surface area (Å²) in [7, 11) is 0. The molecule has 2 heteroatoms. The van der Waals surface area contributed by atoms with Gasteiger partial charge in [-0.2, -0.15) is 0 Å². The lowest BCUT2D eigenvalue weighted by molar-refractivity contribution is -0.114. The van der Waals surface area contributed by atoms with Crippen molar-refractivity contribution >= 4 is 5.78 Å². The number of allylic oxidation sites excluding steroid dienone is 2. The van der Waals surface area contributed by atoms with Crippen LogP contribution < -0.4 is 5.32 Å². The first kappa shape index (κ1) is 8.79. The molecule has 2 aliphatic rings. The van der Waals surface area contributed by atoms with Crippen LogP contribution >= 0.6 is 0 Å². The van der Waals surface area contributed by atoms with Gasteiger partial charge in [-0.1, -0.05) is 12.8 Å². The molecule has 0 atom stereocenters. The molecule has 1 fully saturated rings. The van der Waals surface area contributed by atoms with Gasteiger partial charge >= 0.3 is 0 Å². The predicted molar refractivity (Wildman–Crippen MR) is 52.3 cm³/mol. The van der Waals surface area contributed by atoms with E-state index in [1.165, 1.54) is 25.7 Å². The van der Waals surface area contributed by atoms with Crippen LogP contribution in [0.3, 0.4) is 0 Å². The Hall–Kier alpha value is -0.790. The number of carbonyl (C=O) groups is 1. The fourth-order valence-electron chi connectivity index (χ4n) is 2.23. The average Bonchev–Trinajstić information content (AvgIpc) is 2.71. The minimum atomic E-state index is 0.286. The van der Waals surface area contributed by atoms with Crippen LogP contribution in [-0.4, -0.2) is 12.3 Å². The summed E-state index contributed by atoms with van der Waals surface area (Å²) >= 11 is 0. The van der Waals surface area contributed by atoms with Gasteiger partial charge in [-0.3, -0.25) is 4.79 Å². The Bertz CT molecular complexity index is 226. The Morgan fingerprint density at radius 3 is 2.69 bits per heavy atom. The molecule has 72 valence electrons. The number of nitrogens with one attached hydrogen (secondary N) is 1. The molecule has 13 heavy (non-hydrogen) atoms. The minimum absolute atomic E-state index is 0.286. The summed E-state index contributed by atoms with van der Waals surface area (Å²) in [5, 5.41) is 3.39. The van der Waals surface area contributed by atoms with Crippen LogP contribution in [0.25, 0.3) is 0 Å². The smallest absolute Gasteiger partial charge is 0.157 e. The van der Waals surface area contributed by atoms with E-state index in [1.807, 2.05) is 0 Å². The van der Waals surface area contributed by atoms with Gasteiger partial charge in [0.05, 0.1) is 0 Å².